The predicted octanol–water partition coefficient (Wildman–Crippen LogP) is 19.2. The monoisotopic (exact) mass is 1210 g/mol. The number of anilines is 18. The summed E-state index contributed by atoms with van der Waals surface area (Å²) in [4.78, 5) is 15.2. The Kier molecular flexibility index (Phi) is 12.1. The molecule has 430 valence electrons. The van der Waals surface area contributed by atoms with Gasteiger partial charge < -0.3 is 29.4 Å². The van der Waals surface area contributed by atoms with Crippen LogP contribution in [0.5, 0.6) is 0 Å². The molecule has 0 fully saturated rings. The number of hydrogen-bond donors (Lipinski definition) is 0. The van der Waals surface area contributed by atoms with Gasteiger partial charge in [-0.2, -0.15) is 0 Å². The fraction of sp³-hybridized carbons (Fsp3) is 0. The number of hydrogen-bond acceptors (Lipinski definition) is 8. The zero-order valence-corrected chi connectivity index (χ0v) is 51.5. The maximum absolute atomic E-state index is 2.67. The molecule has 0 spiro atoms. The first-order chi connectivity index (χ1) is 45.7. The van der Waals surface area contributed by atoms with E-state index in [1.165, 1.54) is 63.0 Å². The summed E-state index contributed by atoms with van der Waals surface area (Å²) in [5, 5.41) is 2.49. The summed E-state index contributed by atoms with van der Waals surface area (Å²) in [5.41, 5.74) is 25.3. The second-order valence-electron chi connectivity index (χ2n) is 24.0. The van der Waals surface area contributed by atoms with Crippen molar-refractivity contribution in [3.05, 3.63) is 328 Å². The van der Waals surface area contributed by atoms with Crippen molar-refractivity contribution in [3.8, 4) is 0 Å². The van der Waals surface area contributed by atoms with E-state index in [0.717, 1.165) is 91.0 Å². The summed E-state index contributed by atoms with van der Waals surface area (Å²) in [6, 6.07) is 121. The summed E-state index contributed by atoms with van der Waals surface area (Å²) in [7, 11) is 0. The molecule has 0 N–H and O–H groups in total. The SMILES string of the molecule is c1ccc(N(c2ccccc2)c2cc3c4c(c2)N(c2ccccc2)c2c(sc5ccccc25)B4c2cc4c(cc2N3c2ccccc2)N(c2ccccc2)c2cc(N(c3ccccc3)c3ccccc3)cc3c2B4c2sc4ccccc4c2N3c2ccccc2)cc1. The van der Waals surface area contributed by atoms with Crippen molar-refractivity contribution in [2.24, 2.45) is 0 Å². The minimum atomic E-state index is -0.159. The molecule has 0 bridgehead atoms. The molecule has 2 aromatic heterocycles. The lowest BCUT2D eigenvalue weighted by atomic mass is 9.32. The second-order valence-corrected chi connectivity index (χ2v) is 26.1. The van der Waals surface area contributed by atoms with Crippen molar-refractivity contribution in [2.45, 2.75) is 0 Å². The third-order valence-electron chi connectivity index (χ3n) is 18.9. The van der Waals surface area contributed by atoms with Crippen molar-refractivity contribution in [1.29, 1.82) is 0 Å². The van der Waals surface area contributed by atoms with Gasteiger partial charge in [0.2, 0.25) is 0 Å². The van der Waals surface area contributed by atoms with E-state index in [4.69, 9.17) is 0 Å². The fourth-order valence-electron chi connectivity index (χ4n) is 15.2. The summed E-state index contributed by atoms with van der Waals surface area (Å²) < 4.78 is 5.19. The predicted molar refractivity (Wildman–Crippen MR) is 395 cm³/mol. The van der Waals surface area contributed by atoms with Gasteiger partial charge in [0.15, 0.2) is 0 Å². The Balaban J connectivity index is 0.960. The Labute approximate surface area is 543 Å². The minimum absolute atomic E-state index is 0.159. The fourth-order valence-corrected chi connectivity index (χ4v) is 17.8. The third kappa shape index (κ3) is 8.07. The highest BCUT2D eigenvalue weighted by Crippen LogP contribution is 2.54. The van der Waals surface area contributed by atoms with Crippen LogP contribution in [-0.4, -0.2) is 13.4 Å². The van der Waals surface area contributed by atoms with Crippen molar-refractivity contribution in [1.82, 2.24) is 0 Å². The number of rotatable bonds is 10. The Morgan fingerprint density at radius 2 is 0.511 bits per heavy atom. The lowest BCUT2D eigenvalue weighted by Crippen LogP contribution is -2.64. The highest BCUT2D eigenvalue weighted by atomic mass is 32.1. The molecule has 4 aliphatic rings. The molecule has 6 nitrogen and oxygen atoms in total. The molecule has 0 aliphatic carbocycles. The smallest absolute Gasteiger partial charge is 0.264 e. The molecule has 0 atom stereocenters. The molecule has 0 saturated heterocycles. The van der Waals surface area contributed by atoms with E-state index in [9.17, 15) is 0 Å². The van der Waals surface area contributed by atoms with Crippen molar-refractivity contribution < 1.29 is 0 Å². The maximum atomic E-state index is 2.67. The topological polar surface area (TPSA) is 19.4 Å². The van der Waals surface area contributed by atoms with E-state index in [-0.39, 0.29) is 13.4 Å². The second kappa shape index (κ2) is 21.2. The summed E-state index contributed by atoms with van der Waals surface area (Å²) in [5.74, 6) is 0. The zero-order chi connectivity index (χ0) is 60.4. The Bertz CT molecular complexity index is 4920. The van der Waals surface area contributed by atoms with E-state index in [2.05, 4.69) is 357 Å². The van der Waals surface area contributed by atoms with Crippen molar-refractivity contribution in [2.75, 3.05) is 29.4 Å². The maximum Gasteiger partial charge on any atom is 0.264 e. The van der Waals surface area contributed by atoms with Gasteiger partial charge in [0.25, 0.3) is 13.4 Å². The summed E-state index contributed by atoms with van der Waals surface area (Å²) in [6.45, 7) is -0.317. The largest absolute Gasteiger partial charge is 0.311 e. The van der Waals surface area contributed by atoms with Crippen LogP contribution in [0.1, 0.15) is 0 Å². The van der Waals surface area contributed by atoms with Crippen molar-refractivity contribution in [3.63, 3.8) is 0 Å². The first-order valence-electron chi connectivity index (χ1n) is 31.5. The van der Waals surface area contributed by atoms with E-state index in [0.29, 0.717) is 0 Å². The first kappa shape index (κ1) is 52.6. The van der Waals surface area contributed by atoms with E-state index in [1.807, 2.05) is 22.7 Å². The molecule has 6 heterocycles. The van der Waals surface area contributed by atoms with E-state index >= 15 is 0 Å². The van der Waals surface area contributed by atoms with Crippen LogP contribution in [0.2, 0.25) is 0 Å². The highest BCUT2D eigenvalue weighted by Gasteiger charge is 2.50. The van der Waals surface area contributed by atoms with Crippen LogP contribution in [0.4, 0.5) is 102 Å². The Hall–Kier alpha value is -11.3. The van der Waals surface area contributed by atoms with Crippen LogP contribution in [0.15, 0.2) is 328 Å². The highest BCUT2D eigenvalue weighted by molar-refractivity contribution is 7.35. The molecule has 0 saturated carbocycles. The molecule has 10 heteroatoms. The van der Waals surface area contributed by atoms with Crippen LogP contribution in [0.3, 0.4) is 0 Å². The summed E-state index contributed by atoms with van der Waals surface area (Å²) in [6.07, 6.45) is 0. The average Bonchev–Trinajstić information content (AvgIpc) is 1.16. The molecular weight excluding hydrogens is 1150 g/mol. The molecule has 0 unspecified atom stereocenters. The number of thiophene rings is 2. The third-order valence-corrected chi connectivity index (χ3v) is 21.3. The van der Waals surface area contributed by atoms with Crippen LogP contribution in [-0.2, 0) is 0 Å². The van der Waals surface area contributed by atoms with Crippen LogP contribution in [0, 0.1) is 0 Å². The van der Waals surface area contributed by atoms with Gasteiger partial charge in [-0.15, -0.1) is 22.7 Å². The number of para-hydroxylation sites is 8. The van der Waals surface area contributed by atoms with Gasteiger partial charge in [0.1, 0.15) is 0 Å². The van der Waals surface area contributed by atoms with Gasteiger partial charge in [-0.05, 0) is 161 Å². The molecule has 0 amide bonds. The molecule has 4 aliphatic heterocycles. The lowest BCUT2D eigenvalue weighted by Gasteiger charge is -2.47. The normalized spacial score (nSPS) is 13.1. The van der Waals surface area contributed by atoms with Crippen molar-refractivity contribution >= 4 is 190 Å². The van der Waals surface area contributed by atoms with E-state index < -0.39 is 0 Å². The van der Waals surface area contributed by atoms with Crippen LogP contribution in [0.25, 0.3) is 20.2 Å². The Morgan fingerprint density at radius 3 is 0.837 bits per heavy atom. The molecule has 13 aromatic carbocycles. The number of benzene rings is 13. The lowest BCUT2D eigenvalue weighted by molar-refractivity contribution is 1.22. The van der Waals surface area contributed by atoms with Gasteiger partial charge in [-0.1, -0.05) is 188 Å². The first-order valence-corrected chi connectivity index (χ1v) is 33.1. The molecule has 19 rings (SSSR count). The molecule has 0 radical (unpaired) electrons. The van der Waals surface area contributed by atoms with Crippen LogP contribution >= 0.6 is 22.7 Å². The molecule has 92 heavy (non-hydrogen) atoms. The minimum Gasteiger partial charge on any atom is -0.311 e. The molecule has 15 aromatic rings. The Morgan fingerprint density at radius 1 is 0.239 bits per heavy atom. The zero-order valence-electron chi connectivity index (χ0n) is 49.8. The van der Waals surface area contributed by atoms with Gasteiger partial charge in [0.05, 0.1) is 22.7 Å². The quantitative estimate of drug-likeness (QED) is 0.126. The average molecular weight is 1210 g/mol. The van der Waals surface area contributed by atoms with Crippen LogP contribution < -0.4 is 60.8 Å². The standard InChI is InChI=1S/C82H54B2N6S2/c1-9-29-55(30-10-1)85(56-31-11-2-12-32-56)63-49-71-77-73(51-63)89(61-41-21-7-22-42-61)79-65-45-25-27-47-75(65)91-81(79)83(77)67-53-68-70(54-69(67)87(71)59-37-17-5-18-38-59)88(60-39-19-6-20-40-60)72-50-64(86(57-33-13-3-14-34-57)58-35-15-4-16-36-58)52-74-78(72)84(68)82-80(66-46-26-28-48-76(66)92-82)90(74)62-43-23-8-24-44-62/h1-54H. The van der Waals surface area contributed by atoms with Gasteiger partial charge in [0, 0.05) is 109 Å². The number of fused-ring (bicyclic) bond motifs is 12. The summed E-state index contributed by atoms with van der Waals surface area (Å²) >= 11 is 3.89. The van der Waals surface area contributed by atoms with Gasteiger partial charge in [-0.25, -0.2) is 0 Å². The van der Waals surface area contributed by atoms with E-state index in [1.54, 1.807) is 0 Å². The van der Waals surface area contributed by atoms with Gasteiger partial charge >= 0.3 is 0 Å². The van der Waals surface area contributed by atoms with Gasteiger partial charge in [-0.3, -0.25) is 0 Å². The molecular formula is C82H54B2N6S2. The number of nitrogens with zero attached hydrogens (tertiary/aromatic N) is 6.